The van der Waals surface area contributed by atoms with Crippen LogP contribution < -0.4 is 5.32 Å². The molecule has 0 aliphatic rings. The molecule has 4 nitrogen and oxygen atoms in total. The lowest BCUT2D eigenvalue weighted by molar-refractivity contribution is -0.101. The average Bonchev–Trinajstić information content (AvgIpc) is 2.12. The molecule has 0 radical (unpaired) electrons. The second kappa shape index (κ2) is 6.32. The minimum absolute atomic E-state index is 0.243. The summed E-state index contributed by atoms with van der Waals surface area (Å²) in [6, 6.07) is 0. The molecule has 1 atom stereocenters. The fraction of sp³-hybridized carbons (Fsp3) is 1.00. The third kappa shape index (κ3) is 5.99. The van der Waals surface area contributed by atoms with Gasteiger partial charge in [0.15, 0.2) is 6.29 Å². The van der Waals surface area contributed by atoms with Crippen molar-refractivity contribution < 1.29 is 14.6 Å². The van der Waals surface area contributed by atoms with Gasteiger partial charge in [-0.1, -0.05) is 6.92 Å². The van der Waals surface area contributed by atoms with Crippen LogP contribution in [0, 0.1) is 0 Å². The molecule has 0 aliphatic heterocycles. The number of nitrogens with one attached hydrogen (secondary N) is 1. The smallest absolute Gasteiger partial charge is 0.169 e. The van der Waals surface area contributed by atoms with Gasteiger partial charge in [-0.2, -0.15) is 0 Å². The summed E-state index contributed by atoms with van der Waals surface area (Å²) in [6.07, 6.45) is 0.484. The molecule has 2 N–H and O–H groups in total. The van der Waals surface area contributed by atoms with Crippen LogP contribution >= 0.6 is 0 Å². The Kier molecular flexibility index (Phi) is 6.24. The van der Waals surface area contributed by atoms with Gasteiger partial charge in [-0.05, 0) is 13.3 Å². The predicted octanol–water partition coefficient (Wildman–Crippen LogP) is 0.356. The molecule has 80 valence electrons. The van der Waals surface area contributed by atoms with Crippen LogP contribution in [0.4, 0.5) is 0 Å². The standard InChI is InChI=1S/C9H21NO3/c1-5-9(2,11)7-10-6-8(12-3)13-4/h8,10-11H,5-7H2,1-4H3. The van der Waals surface area contributed by atoms with E-state index in [0.717, 1.165) is 6.42 Å². The average molecular weight is 191 g/mol. The van der Waals surface area contributed by atoms with Gasteiger partial charge in [0.1, 0.15) is 0 Å². The van der Waals surface area contributed by atoms with Crippen LogP contribution in [0.3, 0.4) is 0 Å². The first-order valence-electron chi connectivity index (χ1n) is 4.54. The molecule has 0 saturated carbocycles. The van der Waals surface area contributed by atoms with Crippen molar-refractivity contribution in [3.05, 3.63) is 0 Å². The van der Waals surface area contributed by atoms with E-state index in [0.29, 0.717) is 13.1 Å². The summed E-state index contributed by atoms with van der Waals surface area (Å²) in [7, 11) is 3.18. The molecule has 0 aromatic heterocycles. The van der Waals surface area contributed by atoms with Crippen LogP contribution in [-0.2, 0) is 9.47 Å². The highest BCUT2D eigenvalue weighted by atomic mass is 16.7. The number of methoxy groups -OCH3 is 2. The van der Waals surface area contributed by atoms with E-state index in [1.165, 1.54) is 0 Å². The normalized spacial score (nSPS) is 16.2. The van der Waals surface area contributed by atoms with E-state index in [-0.39, 0.29) is 6.29 Å². The molecule has 0 fully saturated rings. The van der Waals surface area contributed by atoms with Gasteiger partial charge in [0, 0.05) is 27.3 Å². The van der Waals surface area contributed by atoms with Crippen molar-refractivity contribution in [3.63, 3.8) is 0 Å². The molecule has 0 bridgehead atoms. The largest absolute Gasteiger partial charge is 0.389 e. The molecule has 0 aromatic carbocycles. The number of hydrogen-bond acceptors (Lipinski definition) is 4. The zero-order valence-electron chi connectivity index (χ0n) is 8.96. The highest BCUT2D eigenvalue weighted by molar-refractivity contribution is 4.73. The second-order valence-electron chi connectivity index (χ2n) is 3.38. The van der Waals surface area contributed by atoms with Crippen molar-refractivity contribution in [2.75, 3.05) is 27.3 Å². The van der Waals surface area contributed by atoms with Gasteiger partial charge in [0.05, 0.1) is 5.60 Å². The van der Waals surface area contributed by atoms with Crippen molar-refractivity contribution in [1.29, 1.82) is 0 Å². The van der Waals surface area contributed by atoms with Gasteiger partial charge >= 0.3 is 0 Å². The summed E-state index contributed by atoms with van der Waals surface area (Å²) >= 11 is 0. The molecule has 0 heterocycles. The first-order chi connectivity index (χ1) is 6.05. The summed E-state index contributed by atoms with van der Waals surface area (Å²) in [6.45, 7) is 4.89. The summed E-state index contributed by atoms with van der Waals surface area (Å²) < 4.78 is 9.96. The van der Waals surface area contributed by atoms with E-state index in [2.05, 4.69) is 5.32 Å². The van der Waals surface area contributed by atoms with Crippen LogP contribution in [0.15, 0.2) is 0 Å². The zero-order valence-corrected chi connectivity index (χ0v) is 8.96. The summed E-state index contributed by atoms with van der Waals surface area (Å²) in [5.74, 6) is 0. The summed E-state index contributed by atoms with van der Waals surface area (Å²) in [5.41, 5.74) is -0.647. The Bertz CT molecular complexity index is 124. The lowest BCUT2D eigenvalue weighted by atomic mass is 10.0. The fourth-order valence-electron chi connectivity index (χ4n) is 0.847. The third-order valence-electron chi connectivity index (χ3n) is 2.10. The second-order valence-corrected chi connectivity index (χ2v) is 3.38. The summed E-state index contributed by atoms with van der Waals surface area (Å²) in [5, 5.41) is 12.7. The molecule has 4 heteroatoms. The topological polar surface area (TPSA) is 50.7 Å². The maximum Gasteiger partial charge on any atom is 0.169 e. The summed E-state index contributed by atoms with van der Waals surface area (Å²) in [4.78, 5) is 0. The molecule has 0 rings (SSSR count). The highest BCUT2D eigenvalue weighted by Gasteiger charge is 2.17. The maximum absolute atomic E-state index is 9.64. The molecule has 0 saturated heterocycles. The number of hydrogen-bond donors (Lipinski definition) is 2. The first-order valence-corrected chi connectivity index (χ1v) is 4.54. The van der Waals surface area contributed by atoms with Crippen LogP contribution in [-0.4, -0.2) is 44.3 Å². The van der Waals surface area contributed by atoms with E-state index in [9.17, 15) is 5.11 Å². The molecule has 0 spiro atoms. The van der Waals surface area contributed by atoms with Crippen molar-refractivity contribution in [2.45, 2.75) is 32.2 Å². The van der Waals surface area contributed by atoms with Gasteiger partial charge in [-0.25, -0.2) is 0 Å². The van der Waals surface area contributed by atoms with Crippen LogP contribution in [0.2, 0.25) is 0 Å². The van der Waals surface area contributed by atoms with Crippen LogP contribution in [0.5, 0.6) is 0 Å². The minimum atomic E-state index is -0.647. The van der Waals surface area contributed by atoms with Crippen molar-refractivity contribution in [3.8, 4) is 0 Å². The number of rotatable bonds is 7. The van der Waals surface area contributed by atoms with Gasteiger partial charge in [0.25, 0.3) is 0 Å². The molecular weight excluding hydrogens is 170 g/mol. The zero-order chi connectivity index (χ0) is 10.3. The maximum atomic E-state index is 9.64. The van der Waals surface area contributed by atoms with E-state index < -0.39 is 5.60 Å². The molecule has 13 heavy (non-hydrogen) atoms. The SMILES string of the molecule is CCC(C)(O)CNCC(OC)OC. The Morgan fingerprint density at radius 3 is 2.31 bits per heavy atom. The van der Waals surface area contributed by atoms with E-state index in [1.54, 1.807) is 21.1 Å². The van der Waals surface area contributed by atoms with Crippen LogP contribution in [0.1, 0.15) is 20.3 Å². The third-order valence-corrected chi connectivity index (χ3v) is 2.10. The number of ether oxygens (including phenoxy) is 2. The van der Waals surface area contributed by atoms with E-state index >= 15 is 0 Å². The Hall–Kier alpha value is -0.160. The van der Waals surface area contributed by atoms with Gasteiger partial charge in [-0.3, -0.25) is 0 Å². The minimum Gasteiger partial charge on any atom is -0.389 e. The lowest BCUT2D eigenvalue weighted by Crippen LogP contribution is -2.41. The molecule has 0 amide bonds. The lowest BCUT2D eigenvalue weighted by Gasteiger charge is -2.23. The number of aliphatic hydroxyl groups is 1. The monoisotopic (exact) mass is 191 g/mol. The Morgan fingerprint density at radius 2 is 1.92 bits per heavy atom. The van der Waals surface area contributed by atoms with E-state index in [1.807, 2.05) is 6.92 Å². The molecule has 0 aromatic rings. The quantitative estimate of drug-likeness (QED) is 0.570. The fourth-order valence-corrected chi connectivity index (χ4v) is 0.847. The van der Waals surface area contributed by atoms with E-state index in [4.69, 9.17) is 9.47 Å². The van der Waals surface area contributed by atoms with Gasteiger partial charge in [-0.15, -0.1) is 0 Å². The predicted molar refractivity (Wildman–Crippen MR) is 51.6 cm³/mol. The van der Waals surface area contributed by atoms with Gasteiger partial charge in [0.2, 0.25) is 0 Å². The highest BCUT2D eigenvalue weighted by Crippen LogP contribution is 2.05. The van der Waals surface area contributed by atoms with Gasteiger partial charge < -0.3 is 19.9 Å². The Balaban J connectivity index is 3.54. The van der Waals surface area contributed by atoms with Crippen molar-refractivity contribution in [2.24, 2.45) is 0 Å². The molecule has 0 aliphatic carbocycles. The Morgan fingerprint density at radius 1 is 1.38 bits per heavy atom. The molecular formula is C9H21NO3. The first kappa shape index (κ1) is 12.8. The molecule has 1 unspecified atom stereocenters. The Labute approximate surface area is 80.2 Å². The van der Waals surface area contributed by atoms with Crippen LogP contribution in [0.25, 0.3) is 0 Å². The van der Waals surface area contributed by atoms with Crippen molar-refractivity contribution >= 4 is 0 Å². The van der Waals surface area contributed by atoms with Crippen molar-refractivity contribution in [1.82, 2.24) is 5.32 Å².